The number of nitrogens with one attached hydrogen (secondary N) is 1. The molecule has 0 bridgehead atoms. The molecule has 0 saturated carbocycles. The lowest BCUT2D eigenvalue weighted by molar-refractivity contribution is -0.129. The van der Waals surface area contributed by atoms with Crippen LogP contribution in [-0.2, 0) is 17.9 Å². The topological polar surface area (TPSA) is 91.0 Å². The van der Waals surface area contributed by atoms with Gasteiger partial charge in [0, 0.05) is 20.1 Å². The Morgan fingerprint density at radius 1 is 0.970 bits per heavy atom. The Kier molecular flexibility index (Phi) is 6.46. The summed E-state index contributed by atoms with van der Waals surface area (Å²) in [5, 5.41) is 11.6. The molecule has 1 heterocycles. The minimum Gasteiger partial charge on any atom is -0.340 e. The monoisotopic (exact) mass is 437 g/mol. The van der Waals surface area contributed by atoms with E-state index >= 15 is 0 Å². The zero-order valence-electron chi connectivity index (χ0n) is 18.2. The number of aromatic nitrogens is 2. The molecule has 3 aromatic carbocycles. The fourth-order valence-electron chi connectivity index (χ4n) is 3.59. The molecule has 1 N–H and O–H groups in total. The van der Waals surface area contributed by atoms with E-state index in [1.165, 1.54) is 4.90 Å². The SMILES string of the molecule is CN(Cc1ccc(C#N)cc1)C(=O)CNC(=O)c1nc2ccccc2n1Cc1ccccc1. The Hall–Kier alpha value is -4.44. The van der Waals surface area contributed by atoms with E-state index in [0.29, 0.717) is 18.7 Å². The normalized spacial score (nSPS) is 10.5. The molecule has 4 rings (SSSR count). The molecule has 7 heteroatoms. The van der Waals surface area contributed by atoms with Crippen molar-refractivity contribution < 1.29 is 9.59 Å². The third kappa shape index (κ3) is 5.08. The second-order valence-corrected chi connectivity index (χ2v) is 7.74. The first kappa shape index (κ1) is 21.8. The summed E-state index contributed by atoms with van der Waals surface area (Å²) in [5.41, 5.74) is 4.10. The van der Waals surface area contributed by atoms with E-state index in [2.05, 4.69) is 16.4 Å². The van der Waals surface area contributed by atoms with Gasteiger partial charge in [0.15, 0.2) is 5.82 Å². The van der Waals surface area contributed by atoms with Gasteiger partial charge in [-0.05, 0) is 35.4 Å². The number of benzene rings is 3. The largest absolute Gasteiger partial charge is 0.340 e. The number of para-hydroxylation sites is 2. The average molecular weight is 438 g/mol. The Morgan fingerprint density at radius 3 is 2.39 bits per heavy atom. The Morgan fingerprint density at radius 2 is 1.67 bits per heavy atom. The van der Waals surface area contributed by atoms with Crippen LogP contribution in [0, 0.1) is 11.3 Å². The Bertz CT molecular complexity index is 1320. The van der Waals surface area contributed by atoms with Gasteiger partial charge in [0.05, 0.1) is 29.2 Å². The fourth-order valence-corrected chi connectivity index (χ4v) is 3.59. The second kappa shape index (κ2) is 9.79. The van der Waals surface area contributed by atoms with Crippen LogP contribution in [0.25, 0.3) is 11.0 Å². The van der Waals surface area contributed by atoms with E-state index in [9.17, 15) is 9.59 Å². The molecule has 1 aromatic heterocycles. The van der Waals surface area contributed by atoms with Crippen LogP contribution in [0.5, 0.6) is 0 Å². The zero-order chi connectivity index (χ0) is 23.2. The average Bonchev–Trinajstić information content (AvgIpc) is 3.22. The van der Waals surface area contributed by atoms with E-state index in [1.807, 2.05) is 71.3 Å². The van der Waals surface area contributed by atoms with Gasteiger partial charge >= 0.3 is 0 Å². The molecular formula is C26H23N5O2. The fraction of sp³-hybridized carbons (Fsp3) is 0.154. The molecule has 0 spiro atoms. The van der Waals surface area contributed by atoms with Crippen molar-refractivity contribution in [2.45, 2.75) is 13.1 Å². The highest BCUT2D eigenvalue weighted by atomic mass is 16.2. The van der Waals surface area contributed by atoms with Crippen molar-refractivity contribution in [3.63, 3.8) is 0 Å². The van der Waals surface area contributed by atoms with E-state index in [1.54, 1.807) is 19.2 Å². The molecule has 7 nitrogen and oxygen atoms in total. The van der Waals surface area contributed by atoms with E-state index in [-0.39, 0.29) is 18.3 Å². The number of fused-ring (bicyclic) bond motifs is 1. The van der Waals surface area contributed by atoms with E-state index in [4.69, 9.17) is 5.26 Å². The Balaban J connectivity index is 1.45. The number of imidazole rings is 1. The van der Waals surface area contributed by atoms with Crippen LogP contribution in [0.1, 0.15) is 27.3 Å². The number of likely N-dealkylation sites (N-methyl/N-ethyl adjacent to an activating group) is 1. The highest BCUT2D eigenvalue weighted by Crippen LogP contribution is 2.18. The lowest BCUT2D eigenvalue weighted by Crippen LogP contribution is -2.38. The standard InChI is InChI=1S/C26H23N5O2/c1-30(17-21-13-11-19(15-27)12-14-21)24(32)16-28-26(33)25-29-22-9-5-6-10-23(22)31(25)18-20-7-3-2-4-8-20/h2-14H,16-18H2,1H3,(H,28,33). The Labute approximate surface area is 191 Å². The van der Waals surface area contributed by atoms with Crippen LogP contribution < -0.4 is 5.32 Å². The number of nitrogens with zero attached hydrogens (tertiary/aromatic N) is 4. The molecule has 164 valence electrons. The molecule has 2 amide bonds. The van der Waals surface area contributed by atoms with Crippen LogP contribution in [0.3, 0.4) is 0 Å². The summed E-state index contributed by atoms with van der Waals surface area (Å²) in [7, 11) is 1.68. The number of hydrogen-bond donors (Lipinski definition) is 1. The van der Waals surface area contributed by atoms with Gasteiger partial charge in [-0.25, -0.2) is 4.98 Å². The van der Waals surface area contributed by atoms with Gasteiger partial charge in [0.25, 0.3) is 5.91 Å². The van der Waals surface area contributed by atoms with E-state index in [0.717, 1.165) is 22.2 Å². The first-order valence-corrected chi connectivity index (χ1v) is 10.6. The maximum absolute atomic E-state index is 13.0. The van der Waals surface area contributed by atoms with Gasteiger partial charge in [-0.15, -0.1) is 0 Å². The van der Waals surface area contributed by atoms with E-state index < -0.39 is 5.91 Å². The number of rotatable bonds is 7. The lowest BCUT2D eigenvalue weighted by Gasteiger charge is -2.18. The van der Waals surface area contributed by atoms with Gasteiger partial charge in [-0.2, -0.15) is 5.26 Å². The summed E-state index contributed by atoms with van der Waals surface area (Å²) >= 11 is 0. The maximum Gasteiger partial charge on any atom is 0.287 e. The van der Waals surface area contributed by atoms with Crippen LogP contribution in [-0.4, -0.2) is 39.9 Å². The predicted molar refractivity (Wildman–Crippen MR) is 125 cm³/mol. The summed E-state index contributed by atoms with van der Waals surface area (Å²) in [6, 6.07) is 26.6. The molecule has 0 unspecified atom stereocenters. The van der Waals surface area contributed by atoms with Crippen molar-refractivity contribution in [3.05, 3.63) is 101 Å². The minimum absolute atomic E-state index is 0.139. The maximum atomic E-state index is 13.0. The van der Waals surface area contributed by atoms with Crippen LogP contribution in [0.2, 0.25) is 0 Å². The lowest BCUT2D eigenvalue weighted by atomic mass is 10.1. The van der Waals surface area contributed by atoms with Gasteiger partial charge in [0.1, 0.15) is 0 Å². The third-order valence-electron chi connectivity index (χ3n) is 5.37. The number of hydrogen-bond acceptors (Lipinski definition) is 4. The summed E-state index contributed by atoms with van der Waals surface area (Å²) in [4.78, 5) is 31.6. The van der Waals surface area contributed by atoms with Crippen molar-refractivity contribution in [1.82, 2.24) is 19.8 Å². The first-order chi connectivity index (χ1) is 16.0. The zero-order valence-corrected chi connectivity index (χ0v) is 18.2. The molecule has 4 aromatic rings. The highest BCUT2D eigenvalue weighted by molar-refractivity contribution is 5.96. The van der Waals surface area contributed by atoms with Crippen molar-refractivity contribution in [2.75, 3.05) is 13.6 Å². The van der Waals surface area contributed by atoms with Crippen molar-refractivity contribution >= 4 is 22.8 Å². The first-order valence-electron chi connectivity index (χ1n) is 10.6. The van der Waals surface area contributed by atoms with Gasteiger partial charge in [-0.3, -0.25) is 9.59 Å². The minimum atomic E-state index is -0.401. The quantitative estimate of drug-likeness (QED) is 0.480. The van der Waals surface area contributed by atoms with Crippen LogP contribution in [0.4, 0.5) is 0 Å². The van der Waals surface area contributed by atoms with Crippen LogP contribution >= 0.6 is 0 Å². The molecule has 0 radical (unpaired) electrons. The smallest absolute Gasteiger partial charge is 0.287 e. The molecule has 33 heavy (non-hydrogen) atoms. The molecule has 0 aliphatic rings. The number of nitriles is 1. The number of carbonyl (C=O) groups is 2. The van der Waals surface area contributed by atoms with Crippen molar-refractivity contribution in [3.8, 4) is 6.07 Å². The molecule has 0 atom stereocenters. The molecule has 0 aliphatic heterocycles. The van der Waals surface area contributed by atoms with Crippen molar-refractivity contribution in [1.29, 1.82) is 5.26 Å². The summed E-state index contributed by atoms with van der Waals surface area (Å²) in [6.07, 6.45) is 0. The van der Waals surface area contributed by atoms with Gasteiger partial charge < -0.3 is 14.8 Å². The third-order valence-corrected chi connectivity index (χ3v) is 5.37. The van der Waals surface area contributed by atoms with Crippen LogP contribution in [0.15, 0.2) is 78.9 Å². The second-order valence-electron chi connectivity index (χ2n) is 7.74. The molecular weight excluding hydrogens is 414 g/mol. The van der Waals surface area contributed by atoms with Gasteiger partial charge in [0.2, 0.25) is 5.91 Å². The number of amides is 2. The molecule has 0 saturated heterocycles. The predicted octanol–water partition coefficient (Wildman–Crippen LogP) is 3.34. The summed E-state index contributed by atoms with van der Waals surface area (Å²) in [6.45, 7) is 0.740. The summed E-state index contributed by atoms with van der Waals surface area (Å²) < 4.78 is 1.87. The molecule has 0 fully saturated rings. The highest BCUT2D eigenvalue weighted by Gasteiger charge is 2.19. The summed E-state index contributed by atoms with van der Waals surface area (Å²) in [5.74, 6) is -0.358. The molecule has 0 aliphatic carbocycles. The number of carbonyl (C=O) groups excluding carboxylic acids is 2. The van der Waals surface area contributed by atoms with Gasteiger partial charge in [-0.1, -0.05) is 54.6 Å². The van der Waals surface area contributed by atoms with Crippen molar-refractivity contribution in [2.24, 2.45) is 0 Å².